The van der Waals surface area contributed by atoms with E-state index < -0.39 is 5.91 Å². The highest BCUT2D eigenvalue weighted by atomic mass is 16.1. The van der Waals surface area contributed by atoms with Crippen LogP contribution in [0.15, 0.2) is 43.0 Å². The molecule has 0 spiro atoms. The highest BCUT2D eigenvalue weighted by molar-refractivity contribution is 5.99. The van der Waals surface area contributed by atoms with Gasteiger partial charge in [0.25, 0.3) is 0 Å². The molecule has 0 bridgehead atoms. The van der Waals surface area contributed by atoms with Crippen molar-refractivity contribution in [2.24, 2.45) is 5.73 Å². The summed E-state index contributed by atoms with van der Waals surface area (Å²) in [4.78, 5) is 12.1. The third-order valence-electron chi connectivity index (χ3n) is 5.72. The minimum atomic E-state index is -0.392. The highest BCUT2D eigenvalue weighted by Crippen LogP contribution is 2.47. The summed E-state index contributed by atoms with van der Waals surface area (Å²) in [6.07, 6.45) is 2.67. The number of rotatable bonds is 4. The number of hydrogen-bond acceptors (Lipinski definition) is 1. The van der Waals surface area contributed by atoms with Gasteiger partial charge in [-0.1, -0.05) is 38.8 Å². The summed E-state index contributed by atoms with van der Waals surface area (Å²) >= 11 is 0. The van der Waals surface area contributed by atoms with Gasteiger partial charge in [0.05, 0.1) is 0 Å². The standard InChI is InChI=1S/C23H29NO/c1-9-12(2)14(4)19-11-10-13(3)15(5)20-18(8)21(23(24)25)16(6)17(7)22(19)20/h19H,2-5,9-11H2,1,6-8H3,(H2,24,25). The van der Waals surface area contributed by atoms with Crippen LogP contribution in [0.3, 0.4) is 0 Å². The zero-order valence-electron chi connectivity index (χ0n) is 16.0. The molecule has 1 aliphatic rings. The second-order valence-corrected chi connectivity index (χ2v) is 7.06. The monoisotopic (exact) mass is 335 g/mol. The Kier molecular flexibility index (Phi) is 5.22. The normalized spacial score (nSPS) is 17.0. The molecule has 1 amide bonds. The molecular formula is C23H29NO. The summed E-state index contributed by atoms with van der Waals surface area (Å²) in [6, 6.07) is 0. The van der Waals surface area contributed by atoms with Crippen LogP contribution in [-0.4, -0.2) is 5.91 Å². The molecule has 25 heavy (non-hydrogen) atoms. The summed E-state index contributed by atoms with van der Waals surface area (Å²) in [5, 5.41) is 0. The molecule has 0 aliphatic heterocycles. The SMILES string of the molecule is C=C1CCC(C(=C)C(=C)CC)c2c(C)c(C)c(C(N)=O)c(C)c2C1=C. The zero-order chi connectivity index (χ0) is 19.0. The van der Waals surface area contributed by atoms with Crippen LogP contribution in [0.4, 0.5) is 0 Å². The van der Waals surface area contributed by atoms with Crippen molar-refractivity contribution in [2.45, 2.75) is 52.9 Å². The Bertz CT molecular complexity index is 823. The van der Waals surface area contributed by atoms with Crippen LogP contribution < -0.4 is 5.73 Å². The number of amides is 1. The number of carbonyl (C=O) groups is 1. The van der Waals surface area contributed by atoms with Crippen LogP contribution in [0.25, 0.3) is 5.57 Å². The van der Waals surface area contributed by atoms with Gasteiger partial charge in [-0.15, -0.1) is 0 Å². The first-order valence-electron chi connectivity index (χ1n) is 8.81. The van der Waals surface area contributed by atoms with Crippen LogP contribution in [-0.2, 0) is 0 Å². The average molecular weight is 335 g/mol. The van der Waals surface area contributed by atoms with E-state index in [4.69, 9.17) is 5.73 Å². The van der Waals surface area contributed by atoms with Gasteiger partial charge in [0.2, 0.25) is 5.91 Å². The summed E-state index contributed by atoms with van der Waals surface area (Å²) in [7, 11) is 0. The summed E-state index contributed by atoms with van der Waals surface area (Å²) in [6.45, 7) is 25.1. The van der Waals surface area contributed by atoms with E-state index in [2.05, 4.69) is 40.2 Å². The largest absolute Gasteiger partial charge is 0.366 e. The lowest BCUT2D eigenvalue weighted by Crippen LogP contribution is -2.19. The van der Waals surface area contributed by atoms with Gasteiger partial charge in [0.1, 0.15) is 0 Å². The zero-order valence-corrected chi connectivity index (χ0v) is 16.0. The van der Waals surface area contributed by atoms with Crippen molar-refractivity contribution in [2.75, 3.05) is 0 Å². The number of carbonyl (C=O) groups excluding carboxylic acids is 1. The van der Waals surface area contributed by atoms with Crippen molar-refractivity contribution >= 4 is 11.5 Å². The lowest BCUT2D eigenvalue weighted by atomic mass is 9.77. The summed E-state index contributed by atoms with van der Waals surface area (Å²) < 4.78 is 0. The van der Waals surface area contributed by atoms with Crippen molar-refractivity contribution in [3.05, 3.63) is 76.4 Å². The fourth-order valence-corrected chi connectivity index (χ4v) is 3.99. The number of primary amides is 1. The Morgan fingerprint density at radius 3 is 2.24 bits per heavy atom. The number of nitrogens with two attached hydrogens (primary N) is 1. The predicted octanol–water partition coefficient (Wildman–Crippen LogP) is 5.68. The summed E-state index contributed by atoms with van der Waals surface area (Å²) in [5.41, 5.74) is 15.5. The molecule has 0 heterocycles. The molecule has 0 saturated heterocycles. The van der Waals surface area contributed by atoms with Gasteiger partial charge in [0, 0.05) is 11.5 Å². The molecule has 0 saturated carbocycles. The molecule has 1 atom stereocenters. The van der Waals surface area contributed by atoms with Crippen LogP contribution in [0.1, 0.15) is 70.3 Å². The Labute approximate surface area is 151 Å². The molecule has 2 N–H and O–H groups in total. The van der Waals surface area contributed by atoms with Gasteiger partial charge in [-0.05, 0) is 84.6 Å². The van der Waals surface area contributed by atoms with Gasteiger partial charge in [-0.3, -0.25) is 4.79 Å². The molecule has 0 fully saturated rings. The van der Waals surface area contributed by atoms with E-state index >= 15 is 0 Å². The molecular weight excluding hydrogens is 306 g/mol. The molecule has 132 valence electrons. The van der Waals surface area contributed by atoms with E-state index in [0.717, 1.165) is 63.8 Å². The molecule has 0 aromatic heterocycles. The van der Waals surface area contributed by atoms with E-state index in [1.807, 2.05) is 13.8 Å². The lowest BCUT2D eigenvalue weighted by molar-refractivity contribution is 0.0999. The van der Waals surface area contributed by atoms with Crippen molar-refractivity contribution in [1.29, 1.82) is 0 Å². The van der Waals surface area contributed by atoms with Crippen molar-refractivity contribution < 1.29 is 4.79 Å². The third-order valence-corrected chi connectivity index (χ3v) is 5.72. The first-order chi connectivity index (χ1) is 11.6. The van der Waals surface area contributed by atoms with Gasteiger partial charge in [-0.25, -0.2) is 0 Å². The average Bonchev–Trinajstić information content (AvgIpc) is 2.69. The Balaban J connectivity index is 2.89. The topological polar surface area (TPSA) is 43.1 Å². The second-order valence-electron chi connectivity index (χ2n) is 7.06. The smallest absolute Gasteiger partial charge is 0.249 e. The number of hydrogen-bond donors (Lipinski definition) is 1. The first-order valence-corrected chi connectivity index (χ1v) is 8.81. The van der Waals surface area contributed by atoms with Gasteiger partial charge < -0.3 is 5.73 Å². The van der Waals surface area contributed by atoms with Crippen LogP contribution in [0, 0.1) is 20.8 Å². The highest BCUT2D eigenvalue weighted by Gasteiger charge is 2.31. The predicted molar refractivity (Wildman–Crippen MR) is 108 cm³/mol. The fraction of sp³-hybridized carbons (Fsp3) is 0.348. The quantitative estimate of drug-likeness (QED) is 0.558. The first kappa shape index (κ1) is 19.0. The second kappa shape index (κ2) is 6.87. The minimum Gasteiger partial charge on any atom is -0.366 e. The van der Waals surface area contributed by atoms with E-state index in [9.17, 15) is 4.79 Å². The van der Waals surface area contributed by atoms with Crippen molar-refractivity contribution in [3.63, 3.8) is 0 Å². The van der Waals surface area contributed by atoms with Crippen molar-refractivity contribution in [1.82, 2.24) is 0 Å². The molecule has 1 aliphatic carbocycles. The maximum atomic E-state index is 12.1. The molecule has 0 radical (unpaired) electrons. The number of fused-ring (bicyclic) bond motifs is 1. The van der Waals surface area contributed by atoms with E-state index in [0.29, 0.717) is 5.56 Å². The molecule has 1 unspecified atom stereocenters. The Hall–Kier alpha value is -2.35. The maximum absolute atomic E-state index is 12.1. The number of benzene rings is 1. The van der Waals surface area contributed by atoms with Crippen molar-refractivity contribution in [3.8, 4) is 0 Å². The molecule has 1 aromatic carbocycles. The van der Waals surface area contributed by atoms with Gasteiger partial charge in [0.15, 0.2) is 0 Å². The van der Waals surface area contributed by atoms with Gasteiger partial charge in [-0.2, -0.15) is 0 Å². The molecule has 2 rings (SSSR count). The minimum absolute atomic E-state index is 0.165. The third kappa shape index (κ3) is 3.02. The van der Waals surface area contributed by atoms with Crippen LogP contribution in [0.5, 0.6) is 0 Å². The molecule has 2 nitrogen and oxygen atoms in total. The van der Waals surface area contributed by atoms with Crippen LogP contribution in [0.2, 0.25) is 0 Å². The van der Waals surface area contributed by atoms with E-state index in [1.165, 1.54) is 5.56 Å². The summed E-state index contributed by atoms with van der Waals surface area (Å²) in [5.74, 6) is -0.227. The van der Waals surface area contributed by atoms with Crippen LogP contribution >= 0.6 is 0 Å². The lowest BCUT2D eigenvalue weighted by Gasteiger charge is -2.27. The Morgan fingerprint density at radius 1 is 1.12 bits per heavy atom. The molecule has 1 aromatic rings. The Morgan fingerprint density at radius 2 is 1.72 bits per heavy atom. The van der Waals surface area contributed by atoms with Gasteiger partial charge >= 0.3 is 0 Å². The van der Waals surface area contributed by atoms with E-state index in [1.54, 1.807) is 0 Å². The number of allylic oxidation sites excluding steroid dienone is 4. The molecule has 2 heteroatoms. The maximum Gasteiger partial charge on any atom is 0.249 e. The van der Waals surface area contributed by atoms with E-state index in [-0.39, 0.29) is 5.92 Å². The fourth-order valence-electron chi connectivity index (χ4n) is 3.99.